The molecular formula is C16H24N2O. The lowest BCUT2D eigenvalue weighted by Crippen LogP contribution is -2.37. The van der Waals surface area contributed by atoms with Crippen LogP contribution in [0.4, 0.5) is 0 Å². The molecule has 19 heavy (non-hydrogen) atoms. The summed E-state index contributed by atoms with van der Waals surface area (Å²) in [4.78, 5) is 2.64. The smallest absolute Gasteiger partial charge is 0.119 e. The maximum absolute atomic E-state index is 5.83. The molecule has 0 spiro atoms. The van der Waals surface area contributed by atoms with Gasteiger partial charge in [0.25, 0.3) is 0 Å². The molecule has 0 radical (unpaired) electrons. The second-order valence-corrected chi connectivity index (χ2v) is 5.71. The van der Waals surface area contributed by atoms with Crippen LogP contribution in [0.3, 0.4) is 0 Å². The summed E-state index contributed by atoms with van der Waals surface area (Å²) >= 11 is 0. The summed E-state index contributed by atoms with van der Waals surface area (Å²) in [6.45, 7) is 7.83. The van der Waals surface area contributed by atoms with Crippen molar-refractivity contribution in [1.82, 2.24) is 10.2 Å². The topological polar surface area (TPSA) is 24.5 Å². The van der Waals surface area contributed by atoms with E-state index in [0.29, 0.717) is 0 Å². The van der Waals surface area contributed by atoms with E-state index in [1.165, 1.54) is 26.1 Å². The van der Waals surface area contributed by atoms with Crippen molar-refractivity contribution in [3.05, 3.63) is 30.3 Å². The first-order chi connectivity index (χ1) is 9.38. The average molecular weight is 260 g/mol. The van der Waals surface area contributed by atoms with Crippen molar-refractivity contribution in [1.29, 1.82) is 0 Å². The van der Waals surface area contributed by atoms with Gasteiger partial charge in [-0.15, -0.1) is 0 Å². The van der Waals surface area contributed by atoms with Crippen molar-refractivity contribution in [3.63, 3.8) is 0 Å². The zero-order chi connectivity index (χ0) is 13.1. The van der Waals surface area contributed by atoms with Gasteiger partial charge in [-0.05, 0) is 43.5 Å². The van der Waals surface area contributed by atoms with Crippen LogP contribution in [-0.2, 0) is 0 Å². The second kappa shape index (κ2) is 5.93. The van der Waals surface area contributed by atoms with E-state index in [4.69, 9.17) is 4.74 Å². The summed E-state index contributed by atoms with van der Waals surface area (Å²) < 4.78 is 5.83. The van der Waals surface area contributed by atoms with Crippen molar-refractivity contribution in [2.45, 2.75) is 19.4 Å². The Morgan fingerprint density at radius 3 is 2.89 bits per heavy atom. The molecule has 2 heterocycles. The van der Waals surface area contributed by atoms with Crippen LogP contribution in [0.2, 0.25) is 0 Å². The first kappa shape index (κ1) is 12.9. The third-order valence-electron chi connectivity index (χ3n) is 4.63. The maximum atomic E-state index is 5.83. The maximum Gasteiger partial charge on any atom is 0.119 e. The number of nitrogens with one attached hydrogen (secondary N) is 1. The largest absolute Gasteiger partial charge is 0.492 e. The quantitative estimate of drug-likeness (QED) is 0.876. The van der Waals surface area contributed by atoms with Crippen LogP contribution in [0, 0.1) is 11.8 Å². The number of benzene rings is 1. The summed E-state index contributed by atoms with van der Waals surface area (Å²) in [5, 5.41) is 3.53. The fourth-order valence-electron chi connectivity index (χ4n) is 3.73. The first-order valence-corrected chi connectivity index (χ1v) is 7.51. The van der Waals surface area contributed by atoms with Gasteiger partial charge in [-0.3, -0.25) is 4.90 Å². The Morgan fingerprint density at radius 1 is 1.26 bits per heavy atom. The van der Waals surface area contributed by atoms with E-state index in [0.717, 1.165) is 36.8 Å². The average Bonchev–Trinajstić information content (AvgIpc) is 3.00. The third-order valence-corrected chi connectivity index (χ3v) is 4.63. The van der Waals surface area contributed by atoms with Crippen molar-refractivity contribution >= 4 is 0 Å². The van der Waals surface area contributed by atoms with Gasteiger partial charge in [-0.2, -0.15) is 0 Å². The van der Waals surface area contributed by atoms with Gasteiger partial charge in [0.1, 0.15) is 12.4 Å². The standard InChI is InChI=1S/C16H24N2O/c1-2-16-15-11-17-10-13(15)12-18(16)8-9-19-14-6-4-3-5-7-14/h3-7,13,15-17H,2,8-12H2,1H3. The summed E-state index contributed by atoms with van der Waals surface area (Å²) in [6, 6.07) is 10.9. The molecule has 3 heteroatoms. The van der Waals surface area contributed by atoms with Crippen LogP contribution in [0.5, 0.6) is 5.75 Å². The second-order valence-electron chi connectivity index (χ2n) is 5.71. The van der Waals surface area contributed by atoms with E-state index >= 15 is 0 Å². The number of hydrogen-bond acceptors (Lipinski definition) is 3. The molecule has 2 fully saturated rings. The fraction of sp³-hybridized carbons (Fsp3) is 0.625. The van der Waals surface area contributed by atoms with E-state index in [9.17, 15) is 0 Å². The molecule has 104 valence electrons. The predicted octanol–water partition coefficient (Wildman–Crippen LogP) is 2.00. The minimum absolute atomic E-state index is 0.749. The zero-order valence-corrected chi connectivity index (χ0v) is 11.7. The SMILES string of the molecule is CCC1C2CNCC2CN1CCOc1ccccc1. The van der Waals surface area contributed by atoms with Crippen LogP contribution < -0.4 is 10.1 Å². The van der Waals surface area contributed by atoms with Gasteiger partial charge in [0.2, 0.25) is 0 Å². The number of rotatable bonds is 5. The Morgan fingerprint density at radius 2 is 2.11 bits per heavy atom. The number of hydrogen-bond donors (Lipinski definition) is 1. The number of likely N-dealkylation sites (tertiary alicyclic amines) is 1. The third kappa shape index (κ3) is 2.77. The molecule has 1 aromatic carbocycles. The van der Waals surface area contributed by atoms with Crippen LogP contribution in [0.25, 0.3) is 0 Å². The highest BCUT2D eigenvalue weighted by atomic mass is 16.5. The molecule has 1 N–H and O–H groups in total. The van der Waals surface area contributed by atoms with Gasteiger partial charge in [0.15, 0.2) is 0 Å². The van der Waals surface area contributed by atoms with Crippen molar-refractivity contribution < 1.29 is 4.74 Å². The summed E-state index contributed by atoms with van der Waals surface area (Å²) in [5.41, 5.74) is 0. The predicted molar refractivity (Wildman–Crippen MR) is 77.4 cm³/mol. The Kier molecular flexibility index (Phi) is 4.04. The van der Waals surface area contributed by atoms with Gasteiger partial charge in [-0.1, -0.05) is 25.1 Å². The van der Waals surface area contributed by atoms with Crippen LogP contribution >= 0.6 is 0 Å². The van der Waals surface area contributed by atoms with Crippen LogP contribution in [-0.4, -0.2) is 43.7 Å². The minimum Gasteiger partial charge on any atom is -0.492 e. The van der Waals surface area contributed by atoms with E-state index in [1.54, 1.807) is 0 Å². The van der Waals surface area contributed by atoms with Crippen LogP contribution in [0.15, 0.2) is 30.3 Å². The molecule has 2 saturated heterocycles. The van der Waals surface area contributed by atoms with Gasteiger partial charge in [0.05, 0.1) is 0 Å². The molecule has 3 atom stereocenters. The molecule has 2 aliphatic heterocycles. The molecule has 3 rings (SSSR count). The van der Waals surface area contributed by atoms with Gasteiger partial charge in [-0.25, -0.2) is 0 Å². The zero-order valence-electron chi connectivity index (χ0n) is 11.7. The molecule has 0 aliphatic carbocycles. The number of nitrogens with zero attached hydrogens (tertiary/aromatic N) is 1. The van der Waals surface area contributed by atoms with Crippen molar-refractivity contribution in [2.75, 3.05) is 32.8 Å². The molecule has 3 unspecified atom stereocenters. The first-order valence-electron chi connectivity index (χ1n) is 7.51. The van der Waals surface area contributed by atoms with E-state index in [1.807, 2.05) is 30.3 Å². The van der Waals surface area contributed by atoms with Gasteiger partial charge < -0.3 is 10.1 Å². The van der Waals surface area contributed by atoms with E-state index < -0.39 is 0 Å². The summed E-state index contributed by atoms with van der Waals surface area (Å²) in [7, 11) is 0. The minimum atomic E-state index is 0.749. The Balaban J connectivity index is 1.50. The lowest BCUT2D eigenvalue weighted by atomic mass is 9.93. The molecule has 3 nitrogen and oxygen atoms in total. The number of fused-ring (bicyclic) bond motifs is 1. The lowest BCUT2D eigenvalue weighted by Gasteiger charge is -2.26. The molecule has 1 aromatic rings. The fourth-order valence-corrected chi connectivity index (χ4v) is 3.73. The molecule has 0 bridgehead atoms. The molecule has 0 amide bonds. The van der Waals surface area contributed by atoms with Gasteiger partial charge in [0, 0.05) is 19.1 Å². The highest BCUT2D eigenvalue weighted by Gasteiger charge is 2.42. The molecule has 0 aromatic heterocycles. The highest BCUT2D eigenvalue weighted by Crippen LogP contribution is 2.33. The van der Waals surface area contributed by atoms with Crippen molar-refractivity contribution in [2.24, 2.45) is 11.8 Å². The normalized spacial score (nSPS) is 30.5. The summed E-state index contributed by atoms with van der Waals surface area (Å²) in [5.74, 6) is 2.71. The van der Waals surface area contributed by atoms with Gasteiger partial charge >= 0.3 is 0 Å². The monoisotopic (exact) mass is 260 g/mol. The Bertz CT molecular complexity index is 395. The van der Waals surface area contributed by atoms with Crippen molar-refractivity contribution in [3.8, 4) is 5.75 Å². The summed E-state index contributed by atoms with van der Waals surface area (Å²) in [6.07, 6.45) is 1.26. The lowest BCUT2D eigenvalue weighted by molar-refractivity contribution is 0.176. The molecule has 0 saturated carbocycles. The van der Waals surface area contributed by atoms with E-state index in [-0.39, 0.29) is 0 Å². The molecular weight excluding hydrogens is 236 g/mol. The number of ether oxygens (including phenoxy) is 1. The Labute approximate surface area is 115 Å². The van der Waals surface area contributed by atoms with E-state index in [2.05, 4.69) is 17.1 Å². The Hall–Kier alpha value is -1.06. The highest BCUT2D eigenvalue weighted by molar-refractivity contribution is 5.20. The number of para-hydroxylation sites is 1. The van der Waals surface area contributed by atoms with Crippen LogP contribution in [0.1, 0.15) is 13.3 Å². The molecule has 2 aliphatic rings.